The topological polar surface area (TPSA) is 63.9 Å². The van der Waals surface area contributed by atoms with E-state index in [1.54, 1.807) is 11.9 Å². The molecule has 0 N–H and O–H groups in total. The molecule has 6 nitrogen and oxygen atoms in total. The summed E-state index contributed by atoms with van der Waals surface area (Å²) < 4.78 is 1.52. The second-order valence-electron chi connectivity index (χ2n) is 2.96. The van der Waals surface area contributed by atoms with Crippen molar-refractivity contribution in [2.24, 2.45) is 7.05 Å². The van der Waals surface area contributed by atoms with Crippen LogP contribution in [0.1, 0.15) is 19.7 Å². The summed E-state index contributed by atoms with van der Waals surface area (Å²) in [7, 11) is 1.73. The molecule has 0 atom stereocenters. The molecular weight excluding hydrogens is 182 g/mol. The normalized spacial score (nSPS) is 10.2. The number of nitrogens with zero attached hydrogens (tertiary/aromatic N) is 5. The van der Waals surface area contributed by atoms with E-state index < -0.39 is 0 Å². The number of carbonyl (C=O) groups is 1. The van der Waals surface area contributed by atoms with E-state index >= 15 is 0 Å². The summed E-state index contributed by atoms with van der Waals surface area (Å²) in [5.74, 6) is 0.662. The minimum atomic E-state index is 0.0629. The largest absolute Gasteiger partial charge is 0.343 e. The van der Waals surface area contributed by atoms with Gasteiger partial charge in [-0.05, 0) is 24.3 Å². The monoisotopic (exact) mass is 197 g/mol. The molecule has 0 radical (unpaired) electrons. The van der Waals surface area contributed by atoms with Crippen LogP contribution in [0.4, 0.5) is 0 Å². The number of aryl methyl sites for hydroxylation is 1. The summed E-state index contributed by atoms with van der Waals surface area (Å²) in [6, 6.07) is 0. The Balaban J connectivity index is 2.61. The third-order valence-electron chi connectivity index (χ3n) is 2.13. The average molecular weight is 197 g/mol. The Labute approximate surface area is 82.9 Å². The fraction of sp³-hybridized carbons (Fsp3) is 0.750. The molecule has 1 aromatic heterocycles. The van der Waals surface area contributed by atoms with Crippen LogP contribution in [-0.4, -0.2) is 44.1 Å². The summed E-state index contributed by atoms with van der Waals surface area (Å²) in [6.07, 6.45) is 0.269. The van der Waals surface area contributed by atoms with E-state index in [1.807, 2.05) is 13.8 Å². The van der Waals surface area contributed by atoms with Gasteiger partial charge in [-0.3, -0.25) is 4.79 Å². The zero-order valence-electron chi connectivity index (χ0n) is 8.77. The Kier molecular flexibility index (Phi) is 3.55. The molecule has 0 saturated carbocycles. The number of carbonyl (C=O) groups excluding carboxylic acids is 1. The van der Waals surface area contributed by atoms with Gasteiger partial charge in [0.05, 0.1) is 6.42 Å². The molecule has 0 unspecified atom stereocenters. The highest BCUT2D eigenvalue weighted by Crippen LogP contribution is 1.96. The quantitative estimate of drug-likeness (QED) is 0.660. The first-order valence-corrected chi connectivity index (χ1v) is 4.68. The minimum absolute atomic E-state index is 0.0629. The lowest BCUT2D eigenvalue weighted by atomic mass is 10.3. The molecule has 78 valence electrons. The number of hydrogen-bond acceptors (Lipinski definition) is 4. The second-order valence-corrected chi connectivity index (χ2v) is 2.96. The Bertz CT molecular complexity index is 304. The van der Waals surface area contributed by atoms with E-state index in [9.17, 15) is 4.79 Å². The molecule has 0 fully saturated rings. The van der Waals surface area contributed by atoms with Crippen molar-refractivity contribution >= 4 is 5.91 Å². The van der Waals surface area contributed by atoms with Gasteiger partial charge in [0.1, 0.15) is 0 Å². The van der Waals surface area contributed by atoms with E-state index in [1.165, 1.54) is 4.68 Å². The third-order valence-corrected chi connectivity index (χ3v) is 2.13. The lowest BCUT2D eigenvalue weighted by molar-refractivity contribution is -0.130. The smallest absolute Gasteiger partial charge is 0.230 e. The predicted octanol–water partition coefficient (Wildman–Crippen LogP) is -0.379. The fourth-order valence-corrected chi connectivity index (χ4v) is 1.22. The van der Waals surface area contributed by atoms with Crippen LogP contribution in [0.15, 0.2) is 0 Å². The molecule has 1 heterocycles. The van der Waals surface area contributed by atoms with Crippen LogP contribution < -0.4 is 0 Å². The molecule has 1 amide bonds. The molecule has 0 aliphatic carbocycles. The van der Waals surface area contributed by atoms with Crippen LogP contribution in [-0.2, 0) is 18.3 Å². The highest BCUT2D eigenvalue weighted by atomic mass is 16.2. The van der Waals surface area contributed by atoms with E-state index in [4.69, 9.17) is 0 Å². The predicted molar refractivity (Wildman–Crippen MR) is 50.4 cm³/mol. The van der Waals surface area contributed by atoms with Crippen molar-refractivity contribution in [3.63, 3.8) is 0 Å². The first kappa shape index (κ1) is 10.6. The lowest BCUT2D eigenvalue weighted by Crippen LogP contribution is -2.32. The van der Waals surface area contributed by atoms with Crippen LogP contribution in [0, 0.1) is 0 Å². The number of amides is 1. The standard InChI is InChI=1S/C8H15N5O/c1-4-13(5-2)8(14)6-7-9-10-11-12(7)3/h4-6H2,1-3H3. The van der Waals surface area contributed by atoms with Crippen LogP contribution in [0.25, 0.3) is 0 Å². The van der Waals surface area contributed by atoms with Gasteiger partial charge in [0.15, 0.2) is 5.82 Å². The van der Waals surface area contributed by atoms with Gasteiger partial charge in [-0.2, -0.15) is 0 Å². The molecule has 1 rings (SSSR count). The molecule has 6 heteroatoms. The summed E-state index contributed by atoms with van der Waals surface area (Å²) in [6.45, 7) is 5.36. The van der Waals surface area contributed by atoms with E-state index in [0.717, 1.165) is 13.1 Å². The van der Waals surface area contributed by atoms with Crippen LogP contribution >= 0.6 is 0 Å². The number of tetrazole rings is 1. The molecule has 1 aromatic rings. The van der Waals surface area contributed by atoms with Crippen LogP contribution in [0.3, 0.4) is 0 Å². The maximum absolute atomic E-state index is 11.6. The SMILES string of the molecule is CCN(CC)C(=O)Cc1nnnn1C. The molecule has 14 heavy (non-hydrogen) atoms. The van der Waals surface area contributed by atoms with Gasteiger partial charge in [-0.25, -0.2) is 4.68 Å². The average Bonchev–Trinajstić information content (AvgIpc) is 2.54. The van der Waals surface area contributed by atoms with Crippen molar-refractivity contribution in [1.29, 1.82) is 0 Å². The highest BCUT2D eigenvalue weighted by Gasteiger charge is 2.13. The van der Waals surface area contributed by atoms with Gasteiger partial charge in [0.2, 0.25) is 5.91 Å². The second kappa shape index (κ2) is 4.69. The summed E-state index contributed by atoms with van der Waals surface area (Å²) >= 11 is 0. The van der Waals surface area contributed by atoms with Crippen molar-refractivity contribution in [1.82, 2.24) is 25.1 Å². The molecule has 0 bridgehead atoms. The first-order valence-electron chi connectivity index (χ1n) is 4.68. The van der Waals surface area contributed by atoms with Gasteiger partial charge in [0.25, 0.3) is 0 Å². The fourth-order valence-electron chi connectivity index (χ4n) is 1.22. The maximum Gasteiger partial charge on any atom is 0.230 e. The van der Waals surface area contributed by atoms with E-state index in [0.29, 0.717) is 5.82 Å². The number of hydrogen-bond donors (Lipinski definition) is 0. The number of likely N-dealkylation sites (N-methyl/N-ethyl adjacent to an activating group) is 1. The van der Waals surface area contributed by atoms with Crippen LogP contribution in [0.5, 0.6) is 0 Å². The van der Waals surface area contributed by atoms with Crippen molar-refractivity contribution in [2.75, 3.05) is 13.1 Å². The zero-order chi connectivity index (χ0) is 10.6. The lowest BCUT2D eigenvalue weighted by Gasteiger charge is -2.17. The molecular formula is C8H15N5O. The first-order chi connectivity index (χ1) is 6.69. The van der Waals surface area contributed by atoms with E-state index in [2.05, 4.69) is 15.5 Å². The van der Waals surface area contributed by atoms with Crippen molar-refractivity contribution in [2.45, 2.75) is 20.3 Å². The molecule has 0 aromatic carbocycles. The Morgan fingerprint density at radius 1 is 1.43 bits per heavy atom. The van der Waals surface area contributed by atoms with Gasteiger partial charge in [-0.1, -0.05) is 0 Å². The van der Waals surface area contributed by atoms with Crippen molar-refractivity contribution < 1.29 is 4.79 Å². The molecule has 0 aliphatic heterocycles. The molecule has 0 spiro atoms. The van der Waals surface area contributed by atoms with Crippen molar-refractivity contribution in [3.8, 4) is 0 Å². The molecule has 0 aliphatic rings. The van der Waals surface area contributed by atoms with E-state index in [-0.39, 0.29) is 12.3 Å². The maximum atomic E-state index is 11.6. The summed E-state index contributed by atoms with van der Waals surface area (Å²) in [5, 5.41) is 10.9. The third kappa shape index (κ3) is 2.27. The Morgan fingerprint density at radius 3 is 2.50 bits per heavy atom. The Hall–Kier alpha value is -1.46. The van der Waals surface area contributed by atoms with Crippen LogP contribution in [0.2, 0.25) is 0 Å². The number of rotatable bonds is 4. The number of aromatic nitrogens is 4. The van der Waals surface area contributed by atoms with Gasteiger partial charge < -0.3 is 4.90 Å². The summed E-state index contributed by atoms with van der Waals surface area (Å²) in [5.41, 5.74) is 0. The zero-order valence-corrected chi connectivity index (χ0v) is 8.77. The van der Waals surface area contributed by atoms with Crippen molar-refractivity contribution in [3.05, 3.63) is 5.82 Å². The van der Waals surface area contributed by atoms with Gasteiger partial charge in [0, 0.05) is 20.1 Å². The highest BCUT2D eigenvalue weighted by molar-refractivity contribution is 5.77. The summed E-state index contributed by atoms with van der Waals surface area (Å²) in [4.78, 5) is 13.4. The van der Waals surface area contributed by atoms with Gasteiger partial charge >= 0.3 is 0 Å². The van der Waals surface area contributed by atoms with Gasteiger partial charge in [-0.15, -0.1) is 5.10 Å². The Morgan fingerprint density at radius 2 is 2.07 bits per heavy atom. The molecule has 0 saturated heterocycles. The minimum Gasteiger partial charge on any atom is -0.343 e.